The van der Waals surface area contributed by atoms with Crippen LogP contribution in [0, 0.1) is 0 Å². The molecule has 0 fully saturated rings. The minimum atomic E-state index is -0.712. The first-order valence-electron chi connectivity index (χ1n) is 18.6. The van der Waals surface area contributed by atoms with Crippen molar-refractivity contribution >= 4 is 11.9 Å². The normalized spacial score (nSPS) is 12.8. The predicted octanol–water partition coefficient (Wildman–Crippen LogP) is 12.8. The Labute approximate surface area is 272 Å². The average Bonchev–Trinajstić information content (AvgIpc) is 3.00. The van der Waals surface area contributed by atoms with Crippen molar-refractivity contribution in [2.24, 2.45) is 0 Å². The molecule has 0 aromatic carbocycles. The fourth-order valence-corrected chi connectivity index (χ4v) is 5.35. The maximum Gasteiger partial charge on any atom is 0.306 e. The van der Waals surface area contributed by atoms with Crippen molar-refractivity contribution in [3.63, 3.8) is 0 Å². The number of aliphatic carboxylic acids is 1. The van der Waals surface area contributed by atoms with Crippen LogP contribution < -0.4 is 0 Å². The Hall–Kier alpha value is -2.10. The van der Waals surface area contributed by atoms with E-state index in [-0.39, 0.29) is 18.5 Å². The van der Waals surface area contributed by atoms with Gasteiger partial charge in [0.15, 0.2) is 0 Å². The molecule has 0 saturated heterocycles. The van der Waals surface area contributed by atoms with Gasteiger partial charge in [0.05, 0.1) is 0 Å². The van der Waals surface area contributed by atoms with Crippen LogP contribution in [0.3, 0.4) is 0 Å². The molecule has 0 radical (unpaired) electrons. The largest absolute Gasteiger partial charge is 0.481 e. The molecule has 0 aromatic rings. The highest BCUT2D eigenvalue weighted by molar-refractivity contribution is 5.69. The molecule has 1 atom stereocenters. The van der Waals surface area contributed by atoms with Crippen LogP contribution in [-0.2, 0) is 14.3 Å². The minimum absolute atomic E-state index is 0.0180. The molecular formula is C40H70O4. The number of rotatable bonds is 33. The standard InChI is InChI=1S/C40H70O4/c1-3-5-7-9-11-13-15-17-19-21-23-26-30-34-38(35-31-27-25-28-32-36-39(41)42)44-40(43)37-33-29-24-22-20-18-16-14-12-10-8-6-4-2/h5,7,11,13,17,19,23,26,38H,3-4,6,8-10,12,14-16,18,20-22,24-25,27-37H2,1-2H3,(H,41,42)/b7-5-,13-11-,19-17-,26-23-. The van der Waals surface area contributed by atoms with Crippen LogP contribution in [0.5, 0.6) is 0 Å². The molecule has 0 spiro atoms. The van der Waals surface area contributed by atoms with Crippen molar-refractivity contribution < 1.29 is 19.4 Å². The molecule has 0 amide bonds. The van der Waals surface area contributed by atoms with Crippen LogP contribution >= 0.6 is 0 Å². The predicted molar refractivity (Wildman–Crippen MR) is 190 cm³/mol. The van der Waals surface area contributed by atoms with Gasteiger partial charge < -0.3 is 9.84 Å². The molecule has 0 saturated carbocycles. The number of unbranched alkanes of at least 4 members (excludes halogenated alkanes) is 16. The maximum atomic E-state index is 12.6. The maximum absolute atomic E-state index is 12.6. The van der Waals surface area contributed by atoms with E-state index in [1.807, 2.05) is 0 Å². The zero-order valence-corrected chi connectivity index (χ0v) is 29.0. The van der Waals surface area contributed by atoms with Gasteiger partial charge >= 0.3 is 11.9 Å². The van der Waals surface area contributed by atoms with Crippen LogP contribution in [0.25, 0.3) is 0 Å². The van der Waals surface area contributed by atoms with Gasteiger partial charge in [0.2, 0.25) is 0 Å². The molecule has 4 heteroatoms. The molecule has 0 aliphatic rings. The van der Waals surface area contributed by atoms with Gasteiger partial charge in [-0.3, -0.25) is 9.59 Å². The van der Waals surface area contributed by atoms with E-state index in [4.69, 9.17) is 9.84 Å². The lowest BCUT2D eigenvalue weighted by molar-refractivity contribution is -0.150. The van der Waals surface area contributed by atoms with Crippen LogP contribution in [0.4, 0.5) is 0 Å². The zero-order valence-electron chi connectivity index (χ0n) is 29.0. The Balaban J connectivity index is 4.19. The smallest absolute Gasteiger partial charge is 0.306 e. The third-order valence-corrected chi connectivity index (χ3v) is 8.07. The number of esters is 1. The van der Waals surface area contributed by atoms with Gasteiger partial charge in [0.1, 0.15) is 6.10 Å². The van der Waals surface area contributed by atoms with Crippen molar-refractivity contribution in [3.8, 4) is 0 Å². The topological polar surface area (TPSA) is 63.6 Å². The summed E-state index contributed by atoms with van der Waals surface area (Å²) >= 11 is 0. The zero-order chi connectivity index (χ0) is 32.2. The number of carbonyl (C=O) groups excluding carboxylic acids is 1. The van der Waals surface area contributed by atoms with E-state index in [2.05, 4.69) is 62.5 Å². The second-order valence-corrected chi connectivity index (χ2v) is 12.4. The van der Waals surface area contributed by atoms with Gasteiger partial charge in [-0.1, -0.05) is 159 Å². The Kier molecular flexibility index (Phi) is 33.7. The van der Waals surface area contributed by atoms with E-state index >= 15 is 0 Å². The van der Waals surface area contributed by atoms with Crippen LogP contribution in [-0.4, -0.2) is 23.1 Å². The summed E-state index contributed by atoms with van der Waals surface area (Å²) in [7, 11) is 0. The first kappa shape index (κ1) is 41.9. The lowest BCUT2D eigenvalue weighted by Gasteiger charge is -2.17. The van der Waals surface area contributed by atoms with E-state index in [0.29, 0.717) is 6.42 Å². The van der Waals surface area contributed by atoms with Gasteiger partial charge in [-0.15, -0.1) is 0 Å². The van der Waals surface area contributed by atoms with Gasteiger partial charge in [0, 0.05) is 12.8 Å². The highest BCUT2D eigenvalue weighted by Crippen LogP contribution is 2.17. The summed E-state index contributed by atoms with van der Waals surface area (Å²) in [5.41, 5.74) is 0. The molecular weight excluding hydrogens is 544 g/mol. The first-order chi connectivity index (χ1) is 21.6. The lowest BCUT2D eigenvalue weighted by atomic mass is 10.0. The molecule has 0 bridgehead atoms. The van der Waals surface area contributed by atoms with Crippen LogP contribution in [0.15, 0.2) is 48.6 Å². The molecule has 1 unspecified atom stereocenters. The lowest BCUT2D eigenvalue weighted by Crippen LogP contribution is -2.18. The number of carboxylic acids is 1. The number of hydrogen-bond donors (Lipinski definition) is 1. The van der Waals surface area contributed by atoms with Crippen molar-refractivity contribution in [3.05, 3.63) is 48.6 Å². The average molecular weight is 615 g/mol. The van der Waals surface area contributed by atoms with E-state index in [1.54, 1.807) is 0 Å². The molecule has 44 heavy (non-hydrogen) atoms. The van der Waals surface area contributed by atoms with Crippen molar-refractivity contribution in [1.82, 2.24) is 0 Å². The number of allylic oxidation sites excluding steroid dienone is 8. The van der Waals surface area contributed by atoms with E-state index in [1.165, 1.54) is 70.6 Å². The Bertz CT molecular complexity index is 748. The molecule has 0 aliphatic heterocycles. The number of carbonyl (C=O) groups is 2. The molecule has 4 nitrogen and oxygen atoms in total. The van der Waals surface area contributed by atoms with Crippen molar-refractivity contribution in [1.29, 1.82) is 0 Å². The fraction of sp³-hybridized carbons (Fsp3) is 0.750. The molecule has 0 heterocycles. The van der Waals surface area contributed by atoms with Crippen molar-refractivity contribution in [2.45, 2.75) is 193 Å². The fourth-order valence-electron chi connectivity index (χ4n) is 5.35. The number of carboxylic acid groups (broad SMARTS) is 1. The summed E-state index contributed by atoms with van der Waals surface area (Å²) < 4.78 is 5.95. The molecule has 1 N–H and O–H groups in total. The molecule has 0 rings (SSSR count). The third-order valence-electron chi connectivity index (χ3n) is 8.07. The van der Waals surface area contributed by atoms with Crippen LogP contribution in [0.1, 0.15) is 187 Å². The SMILES string of the molecule is CC/C=C\C/C=C\C/C=C\C/C=C\CCC(CCCCCCCC(=O)O)OC(=O)CCCCCCCCCCCCCCC. The van der Waals surface area contributed by atoms with Crippen LogP contribution in [0.2, 0.25) is 0 Å². The van der Waals surface area contributed by atoms with Gasteiger partial charge in [-0.05, 0) is 64.2 Å². The summed E-state index contributed by atoms with van der Waals surface area (Å²) in [5, 5.41) is 8.80. The monoisotopic (exact) mass is 615 g/mol. The second kappa shape index (κ2) is 35.4. The van der Waals surface area contributed by atoms with E-state index < -0.39 is 5.97 Å². The van der Waals surface area contributed by atoms with Crippen molar-refractivity contribution in [2.75, 3.05) is 0 Å². The Morgan fingerprint density at radius 3 is 1.45 bits per heavy atom. The second-order valence-electron chi connectivity index (χ2n) is 12.4. The van der Waals surface area contributed by atoms with E-state index in [9.17, 15) is 9.59 Å². The molecule has 0 aliphatic carbocycles. The number of hydrogen-bond acceptors (Lipinski definition) is 3. The highest BCUT2D eigenvalue weighted by Gasteiger charge is 2.13. The summed E-state index contributed by atoms with van der Waals surface area (Å²) in [5.74, 6) is -0.749. The van der Waals surface area contributed by atoms with Gasteiger partial charge in [-0.25, -0.2) is 0 Å². The summed E-state index contributed by atoms with van der Waals surface area (Å²) in [6.07, 6.45) is 46.9. The minimum Gasteiger partial charge on any atom is -0.481 e. The van der Waals surface area contributed by atoms with Gasteiger partial charge in [0.25, 0.3) is 0 Å². The molecule has 254 valence electrons. The highest BCUT2D eigenvalue weighted by atomic mass is 16.5. The summed E-state index contributed by atoms with van der Waals surface area (Å²) in [6, 6.07) is 0. The summed E-state index contributed by atoms with van der Waals surface area (Å²) in [6.45, 7) is 4.43. The quantitative estimate of drug-likeness (QED) is 0.0454. The number of ether oxygens (including phenoxy) is 1. The Morgan fingerprint density at radius 2 is 0.955 bits per heavy atom. The van der Waals surface area contributed by atoms with E-state index in [0.717, 1.165) is 89.9 Å². The summed E-state index contributed by atoms with van der Waals surface area (Å²) in [4.78, 5) is 23.3. The first-order valence-corrected chi connectivity index (χ1v) is 18.6. The van der Waals surface area contributed by atoms with Gasteiger partial charge in [-0.2, -0.15) is 0 Å². The third kappa shape index (κ3) is 34.4. The molecule has 0 aromatic heterocycles. The Morgan fingerprint density at radius 1 is 0.523 bits per heavy atom.